The van der Waals surface area contributed by atoms with Gasteiger partial charge in [0.25, 0.3) is 0 Å². The van der Waals surface area contributed by atoms with Crippen molar-refractivity contribution in [3.63, 3.8) is 0 Å². The second kappa shape index (κ2) is 8.91. The number of rotatable bonds is 7. The zero-order chi connectivity index (χ0) is 20.1. The van der Waals surface area contributed by atoms with E-state index >= 15 is 0 Å². The van der Waals surface area contributed by atoms with Crippen molar-refractivity contribution >= 4 is 5.69 Å². The van der Waals surface area contributed by atoms with E-state index in [1.54, 1.807) is 19.2 Å². The maximum Gasteiger partial charge on any atom is 0.240 e. The van der Waals surface area contributed by atoms with Crippen molar-refractivity contribution in [1.82, 2.24) is 15.0 Å². The van der Waals surface area contributed by atoms with Gasteiger partial charge in [0.1, 0.15) is 17.3 Å². The zero-order valence-corrected chi connectivity index (χ0v) is 16.3. The Morgan fingerprint density at radius 2 is 1.79 bits per heavy atom. The lowest BCUT2D eigenvalue weighted by atomic mass is 10.2. The lowest BCUT2D eigenvalue weighted by Crippen LogP contribution is -2.46. The lowest BCUT2D eigenvalue weighted by molar-refractivity contribution is 0.214. The fraction of sp³-hybridized carbons (Fsp3) is 0.333. The summed E-state index contributed by atoms with van der Waals surface area (Å²) >= 11 is 0. The molecule has 2 aromatic carbocycles. The molecular formula is C21H23FN4O3. The van der Waals surface area contributed by atoms with Gasteiger partial charge in [-0.1, -0.05) is 17.3 Å². The van der Waals surface area contributed by atoms with Crippen LogP contribution in [0.2, 0.25) is 0 Å². The Bertz CT molecular complexity index is 924. The van der Waals surface area contributed by atoms with Crippen molar-refractivity contribution in [2.24, 2.45) is 0 Å². The second-order valence-electron chi connectivity index (χ2n) is 6.78. The number of hydrogen-bond acceptors (Lipinski definition) is 7. The highest BCUT2D eigenvalue weighted by molar-refractivity contribution is 5.58. The normalized spacial score (nSPS) is 14.8. The number of methoxy groups -OCH3 is 1. The van der Waals surface area contributed by atoms with Gasteiger partial charge in [-0.3, -0.25) is 4.90 Å². The van der Waals surface area contributed by atoms with Gasteiger partial charge in [0.05, 0.1) is 19.3 Å². The van der Waals surface area contributed by atoms with Crippen LogP contribution in [-0.4, -0.2) is 48.3 Å². The SMILES string of the molecule is COc1ccccc1N1CCN(Cc2nc(COc3ccc(F)cc3)no2)CC1. The third kappa shape index (κ3) is 4.83. The molecule has 1 saturated heterocycles. The number of anilines is 1. The van der Waals surface area contributed by atoms with Gasteiger partial charge >= 0.3 is 0 Å². The molecule has 0 atom stereocenters. The number of aromatic nitrogens is 2. The average molecular weight is 398 g/mol. The number of hydrogen-bond donors (Lipinski definition) is 0. The van der Waals surface area contributed by atoms with Crippen molar-refractivity contribution in [2.75, 3.05) is 38.2 Å². The summed E-state index contributed by atoms with van der Waals surface area (Å²) in [6.07, 6.45) is 0. The molecule has 0 bridgehead atoms. The Morgan fingerprint density at radius 1 is 1.03 bits per heavy atom. The van der Waals surface area contributed by atoms with Gasteiger partial charge in [0.15, 0.2) is 6.61 Å². The Hall–Kier alpha value is -3.13. The van der Waals surface area contributed by atoms with Crippen LogP contribution in [0.5, 0.6) is 11.5 Å². The van der Waals surface area contributed by atoms with Crippen LogP contribution in [0.15, 0.2) is 53.1 Å². The molecule has 3 aromatic rings. The first-order valence-corrected chi connectivity index (χ1v) is 9.51. The second-order valence-corrected chi connectivity index (χ2v) is 6.78. The number of benzene rings is 2. The van der Waals surface area contributed by atoms with Crippen molar-refractivity contribution in [2.45, 2.75) is 13.2 Å². The van der Waals surface area contributed by atoms with Gasteiger partial charge in [-0.15, -0.1) is 0 Å². The fourth-order valence-electron chi connectivity index (χ4n) is 3.32. The molecular weight excluding hydrogens is 375 g/mol. The molecule has 152 valence electrons. The molecule has 29 heavy (non-hydrogen) atoms. The van der Waals surface area contributed by atoms with Gasteiger partial charge in [-0.25, -0.2) is 4.39 Å². The van der Waals surface area contributed by atoms with Gasteiger partial charge < -0.3 is 18.9 Å². The van der Waals surface area contributed by atoms with Gasteiger partial charge in [-0.05, 0) is 36.4 Å². The molecule has 1 aliphatic rings. The van der Waals surface area contributed by atoms with Crippen LogP contribution in [0.3, 0.4) is 0 Å². The summed E-state index contributed by atoms with van der Waals surface area (Å²) in [6.45, 7) is 4.35. The third-order valence-corrected chi connectivity index (χ3v) is 4.85. The fourth-order valence-corrected chi connectivity index (χ4v) is 3.32. The van der Waals surface area contributed by atoms with Crippen LogP contribution >= 0.6 is 0 Å². The minimum atomic E-state index is -0.301. The summed E-state index contributed by atoms with van der Waals surface area (Å²) in [6, 6.07) is 13.9. The summed E-state index contributed by atoms with van der Waals surface area (Å²) in [5.41, 5.74) is 1.12. The van der Waals surface area contributed by atoms with Crippen molar-refractivity contribution in [3.05, 3.63) is 66.1 Å². The molecule has 1 aliphatic heterocycles. The molecule has 1 fully saturated rings. The van der Waals surface area contributed by atoms with Crippen LogP contribution in [0.1, 0.15) is 11.7 Å². The van der Waals surface area contributed by atoms with Crippen LogP contribution in [0.4, 0.5) is 10.1 Å². The Morgan fingerprint density at radius 3 is 2.55 bits per heavy atom. The van der Waals surface area contributed by atoms with Gasteiger partial charge in [-0.2, -0.15) is 4.98 Å². The van der Waals surface area contributed by atoms with Gasteiger partial charge in [0.2, 0.25) is 11.7 Å². The monoisotopic (exact) mass is 398 g/mol. The Labute approximate surface area is 168 Å². The molecule has 0 radical (unpaired) electrons. The molecule has 0 amide bonds. The molecule has 0 unspecified atom stereocenters. The van der Waals surface area contributed by atoms with Gasteiger partial charge in [0, 0.05) is 26.2 Å². The highest BCUT2D eigenvalue weighted by Gasteiger charge is 2.21. The summed E-state index contributed by atoms with van der Waals surface area (Å²) in [4.78, 5) is 9.00. The summed E-state index contributed by atoms with van der Waals surface area (Å²) in [7, 11) is 1.70. The first-order valence-electron chi connectivity index (χ1n) is 9.51. The molecule has 0 spiro atoms. The molecule has 0 aliphatic carbocycles. The molecule has 7 nitrogen and oxygen atoms in total. The first kappa shape index (κ1) is 19.2. The van der Waals surface area contributed by atoms with E-state index in [1.807, 2.05) is 18.2 Å². The number of piperazine rings is 1. The molecule has 1 aromatic heterocycles. The van der Waals surface area contributed by atoms with Crippen LogP contribution < -0.4 is 14.4 Å². The van der Waals surface area contributed by atoms with E-state index in [9.17, 15) is 4.39 Å². The largest absolute Gasteiger partial charge is 0.495 e. The quantitative estimate of drug-likeness (QED) is 0.606. The third-order valence-electron chi connectivity index (χ3n) is 4.85. The number of ether oxygens (including phenoxy) is 2. The van der Waals surface area contributed by atoms with E-state index in [2.05, 4.69) is 26.0 Å². The summed E-state index contributed by atoms with van der Waals surface area (Å²) in [5, 5.41) is 3.96. The molecule has 2 heterocycles. The lowest BCUT2D eigenvalue weighted by Gasteiger charge is -2.35. The molecule has 0 saturated carbocycles. The summed E-state index contributed by atoms with van der Waals surface area (Å²) < 4.78 is 29.3. The van der Waals surface area contributed by atoms with E-state index in [-0.39, 0.29) is 12.4 Å². The maximum atomic E-state index is 12.9. The smallest absolute Gasteiger partial charge is 0.240 e. The minimum Gasteiger partial charge on any atom is -0.495 e. The predicted molar refractivity (Wildman–Crippen MR) is 106 cm³/mol. The van der Waals surface area contributed by atoms with Crippen LogP contribution in [-0.2, 0) is 13.2 Å². The van der Waals surface area contributed by atoms with Crippen LogP contribution in [0, 0.1) is 5.82 Å². The number of para-hydroxylation sites is 2. The maximum absolute atomic E-state index is 12.9. The number of nitrogens with zero attached hydrogens (tertiary/aromatic N) is 4. The van der Waals surface area contributed by atoms with Crippen molar-refractivity contribution < 1.29 is 18.4 Å². The highest BCUT2D eigenvalue weighted by Crippen LogP contribution is 2.28. The Kier molecular flexibility index (Phi) is 5.90. The minimum absolute atomic E-state index is 0.177. The van der Waals surface area contributed by atoms with E-state index < -0.39 is 0 Å². The van der Waals surface area contributed by atoms with E-state index in [1.165, 1.54) is 12.1 Å². The van der Waals surface area contributed by atoms with Crippen molar-refractivity contribution in [3.8, 4) is 11.5 Å². The molecule has 4 rings (SSSR count). The zero-order valence-electron chi connectivity index (χ0n) is 16.3. The Balaban J connectivity index is 1.27. The highest BCUT2D eigenvalue weighted by atomic mass is 19.1. The first-order chi connectivity index (χ1) is 14.2. The van der Waals surface area contributed by atoms with Crippen LogP contribution in [0.25, 0.3) is 0 Å². The topological polar surface area (TPSA) is 63.9 Å². The molecule has 0 N–H and O–H groups in total. The summed E-state index contributed by atoms with van der Waals surface area (Å²) in [5.74, 6) is 2.18. The standard InChI is InChI=1S/C21H23FN4O3/c1-27-19-5-3-2-4-18(19)26-12-10-25(11-13-26)14-21-23-20(24-29-21)15-28-17-8-6-16(22)7-9-17/h2-9H,10-15H2,1H3. The molecule has 8 heteroatoms. The number of halogens is 1. The van der Waals surface area contributed by atoms with E-state index in [0.29, 0.717) is 24.0 Å². The van der Waals surface area contributed by atoms with Crippen molar-refractivity contribution in [1.29, 1.82) is 0 Å². The van der Waals surface area contributed by atoms with E-state index in [4.69, 9.17) is 14.0 Å². The van der Waals surface area contributed by atoms with E-state index in [0.717, 1.165) is 37.6 Å². The predicted octanol–water partition coefficient (Wildman–Crippen LogP) is 3.12. The average Bonchev–Trinajstić information content (AvgIpc) is 3.21.